The van der Waals surface area contributed by atoms with Crippen molar-refractivity contribution in [3.05, 3.63) is 61.6 Å². The highest BCUT2D eigenvalue weighted by atomic mass is 79.9. The number of phenols is 1. The van der Waals surface area contributed by atoms with Crippen LogP contribution in [-0.2, 0) is 4.79 Å². The van der Waals surface area contributed by atoms with E-state index in [0.29, 0.717) is 5.75 Å². The Labute approximate surface area is 157 Å². The summed E-state index contributed by atoms with van der Waals surface area (Å²) in [6.07, 6.45) is 1.09. The van der Waals surface area contributed by atoms with Gasteiger partial charge in [0, 0.05) is 6.07 Å². The number of hydrazone groups is 1. The number of hydrogen-bond donors (Lipinski definition) is 2. The number of ether oxygens (including phenoxy) is 1. The van der Waals surface area contributed by atoms with E-state index < -0.39 is 10.8 Å². The van der Waals surface area contributed by atoms with Gasteiger partial charge < -0.3 is 9.84 Å². The molecule has 0 unspecified atom stereocenters. The van der Waals surface area contributed by atoms with Gasteiger partial charge in [0.05, 0.1) is 21.2 Å². The van der Waals surface area contributed by atoms with Gasteiger partial charge in [-0.15, -0.1) is 0 Å². The molecule has 0 saturated carbocycles. The van der Waals surface area contributed by atoms with Gasteiger partial charge in [-0.1, -0.05) is 6.07 Å². The number of halogens is 1. The molecule has 0 heterocycles. The summed E-state index contributed by atoms with van der Waals surface area (Å²) < 4.78 is 6.22. The molecule has 0 aliphatic rings. The van der Waals surface area contributed by atoms with Crippen LogP contribution in [0.4, 0.5) is 5.69 Å². The number of benzene rings is 2. The Balaban J connectivity index is 1.99. The number of carbonyl (C=O) groups excluding carboxylic acids is 1. The van der Waals surface area contributed by atoms with Crippen LogP contribution < -0.4 is 10.2 Å². The second kappa shape index (κ2) is 8.43. The van der Waals surface area contributed by atoms with Crippen molar-refractivity contribution in [2.75, 3.05) is 6.61 Å². The zero-order valence-electron chi connectivity index (χ0n) is 14.0. The number of aryl methyl sites for hydroxylation is 2. The Morgan fingerprint density at radius 1 is 1.38 bits per heavy atom. The summed E-state index contributed by atoms with van der Waals surface area (Å²) in [6, 6.07) is 7.33. The Morgan fingerprint density at radius 2 is 2.12 bits per heavy atom. The minimum Gasteiger partial charge on any atom is -0.508 e. The van der Waals surface area contributed by atoms with E-state index in [0.717, 1.165) is 27.9 Å². The van der Waals surface area contributed by atoms with Crippen molar-refractivity contribution >= 4 is 33.7 Å². The van der Waals surface area contributed by atoms with E-state index in [-0.39, 0.29) is 23.6 Å². The van der Waals surface area contributed by atoms with Gasteiger partial charge in [0.15, 0.2) is 6.61 Å². The maximum Gasteiger partial charge on any atom is 0.278 e. The second-order valence-electron chi connectivity index (χ2n) is 5.47. The highest BCUT2D eigenvalue weighted by Gasteiger charge is 2.13. The van der Waals surface area contributed by atoms with Gasteiger partial charge >= 0.3 is 0 Å². The zero-order chi connectivity index (χ0) is 19.3. The lowest BCUT2D eigenvalue weighted by atomic mass is 10.1. The second-order valence-corrected chi connectivity index (χ2v) is 6.33. The molecule has 136 valence electrons. The molecule has 0 fully saturated rings. The SMILES string of the molecule is Cc1cc(C)c(OCC(=O)N/N=C/c2cc(O)ccc2[N+](=O)[O-])c(Br)c1. The number of carbonyl (C=O) groups is 1. The predicted octanol–water partition coefficient (Wildman–Crippen LogP) is 3.21. The van der Waals surface area contributed by atoms with Crippen molar-refractivity contribution in [2.45, 2.75) is 13.8 Å². The van der Waals surface area contributed by atoms with Gasteiger partial charge in [0.25, 0.3) is 11.6 Å². The highest BCUT2D eigenvalue weighted by Crippen LogP contribution is 2.30. The lowest BCUT2D eigenvalue weighted by Crippen LogP contribution is -2.25. The topological polar surface area (TPSA) is 114 Å². The van der Waals surface area contributed by atoms with E-state index in [1.54, 1.807) is 0 Å². The minimum atomic E-state index is -0.608. The highest BCUT2D eigenvalue weighted by molar-refractivity contribution is 9.10. The van der Waals surface area contributed by atoms with Gasteiger partial charge in [0.1, 0.15) is 11.5 Å². The first-order valence-corrected chi connectivity index (χ1v) is 8.26. The molecule has 8 nitrogen and oxygen atoms in total. The van der Waals surface area contributed by atoms with E-state index >= 15 is 0 Å². The summed E-state index contributed by atoms with van der Waals surface area (Å²) in [7, 11) is 0. The molecular weight excluding hydrogens is 406 g/mol. The summed E-state index contributed by atoms with van der Waals surface area (Å²) in [5, 5.41) is 24.0. The fourth-order valence-corrected chi connectivity index (χ4v) is 3.03. The van der Waals surface area contributed by atoms with Crippen LogP contribution in [0, 0.1) is 24.0 Å². The maximum absolute atomic E-state index is 11.8. The molecule has 0 radical (unpaired) electrons. The Hall–Kier alpha value is -2.94. The van der Waals surface area contributed by atoms with Gasteiger partial charge in [-0.3, -0.25) is 14.9 Å². The average Bonchev–Trinajstić information content (AvgIpc) is 2.53. The third-order valence-electron chi connectivity index (χ3n) is 3.32. The first-order valence-electron chi connectivity index (χ1n) is 7.47. The molecule has 2 N–H and O–H groups in total. The molecule has 0 aliphatic carbocycles. The van der Waals surface area contributed by atoms with E-state index in [9.17, 15) is 20.0 Å². The normalized spacial score (nSPS) is 10.7. The first kappa shape index (κ1) is 19.4. The largest absolute Gasteiger partial charge is 0.508 e. The number of phenolic OH excluding ortho intramolecular Hbond substituents is 1. The predicted molar refractivity (Wildman–Crippen MR) is 99.6 cm³/mol. The Bertz CT molecular complexity index is 860. The van der Waals surface area contributed by atoms with Crippen molar-refractivity contribution in [3.8, 4) is 11.5 Å². The van der Waals surface area contributed by atoms with Crippen LogP contribution in [0.15, 0.2) is 39.9 Å². The lowest BCUT2D eigenvalue weighted by molar-refractivity contribution is -0.385. The summed E-state index contributed by atoms with van der Waals surface area (Å²) >= 11 is 3.39. The quantitative estimate of drug-likeness (QED) is 0.422. The van der Waals surface area contributed by atoms with Crippen molar-refractivity contribution in [3.63, 3.8) is 0 Å². The maximum atomic E-state index is 11.8. The van der Waals surface area contributed by atoms with Crippen molar-refractivity contribution < 1.29 is 19.6 Å². The van der Waals surface area contributed by atoms with E-state index in [1.165, 1.54) is 12.1 Å². The summed E-state index contributed by atoms with van der Waals surface area (Å²) in [5.41, 5.74) is 3.98. The fourth-order valence-electron chi connectivity index (χ4n) is 2.24. The average molecular weight is 422 g/mol. The zero-order valence-corrected chi connectivity index (χ0v) is 15.6. The Morgan fingerprint density at radius 3 is 2.77 bits per heavy atom. The third-order valence-corrected chi connectivity index (χ3v) is 3.91. The third kappa shape index (κ3) is 5.03. The molecule has 2 aromatic rings. The summed E-state index contributed by atoms with van der Waals surface area (Å²) in [5.74, 6) is -0.124. The molecule has 0 spiro atoms. The smallest absolute Gasteiger partial charge is 0.278 e. The number of nitrogens with zero attached hydrogens (tertiary/aromatic N) is 2. The number of amides is 1. The number of nitro groups is 1. The minimum absolute atomic E-state index is 0.0633. The number of nitro benzene ring substituents is 1. The van der Waals surface area contributed by atoms with Crippen LogP contribution in [0.25, 0.3) is 0 Å². The van der Waals surface area contributed by atoms with Gasteiger partial charge in [0.2, 0.25) is 0 Å². The number of aromatic hydroxyl groups is 1. The number of nitrogens with one attached hydrogen (secondary N) is 1. The van der Waals surface area contributed by atoms with Crippen LogP contribution in [0.5, 0.6) is 11.5 Å². The lowest BCUT2D eigenvalue weighted by Gasteiger charge is -2.11. The molecule has 26 heavy (non-hydrogen) atoms. The molecule has 2 rings (SSSR count). The molecular formula is C17H16BrN3O5. The standard InChI is InChI=1S/C17H16BrN3O5/c1-10-5-11(2)17(14(18)6-10)26-9-16(23)20-19-8-12-7-13(22)3-4-15(12)21(24)25/h3-8,22H,9H2,1-2H3,(H,20,23)/b19-8+. The van der Waals surface area contributed by atoms with Crippen LogP contribution >= 0.6 is 15.9 Å². The van der Waals surface area contributed by atoms with Crippen LogP contribution in [0.3, 0.4) is 0 Å². The van der Waals surface area contributed by atoms with Crippen LogP contribution in [0.2, 0.25) is 0 Å². The van der Waals surface area contributed by atoms with Crippen molar-refractivity contribution in [2.24, 2.45) is 5.10 Å². The Kier molecular flexibility index (Phi) is 6.29. The first-order chi connectivity index (χ1) is 12.3. The monoisotopic (exact) mass is 421 g/mol. The molecule has 9 heteroatoms. The molecule has 0 bridgehead atoms. The van der Waals surface area contributed by atoms with Gasteiger partial charge in [-0.05, 0) is 59.1 Å². The molecule has 0 saturated heterocycles. The number of hydrogen-bond acceptors (Lipinski definition) is 6. The molecule has 1 amide bonds. The van der Waals surface area contributed by atoms with E-state index in [2.05, 4.69) is 26.5 Å². The summed E-state index contributed by atoms with van der Waals surface area (Å²) in [4.78, 5) is 22.2. The van der Waals surface area contributed by atoms with Crippen LogP contribution in [-0.4, -0.2) is 28.8 Å². The van der Waals surface area contributed by atoms with Crippen molar-refractivity contribution in [1.29, 1.82) is 0 Å². The van der Waals surface area contributed by atoms with Crippen molar-refractivity contribution in [1.82, 2.24) is 5.43 Å². The molecule has 2 aromatic carbocycles. The summed E-state index contributed by atoms with van der Waals surface area (Å²) in [6.45, 7) is 3.54. The van der Waals surface area contributed by atoms with E-state index in [4.69, 9.17) is 4.74 Å². The molecule has 0 atom stereocenters. The molecule has 0 aromatic heterocycles. The van der Waals surface area contributed by atoms with Gasteiger partial charge in [-0.2, -0.15) is 5.10 Å². The van der Waals surface area contributed by atoms with E-state index in [1.807, 2.05) is 26.0 Å². The number of rotatable bonds is 6. The van der Waals surface area contributed by atoms with Crippen LogP contribution in [0.1, 0.15) is 16.7 Å². The molecule has 0 aliphatic heterocycles. The van der Waals surface area contributed by atoms with Gasteiger partial charge in [-0.25, -0.2) is 5.43 Å². The fraction of sp³-hybridized carbons (Fsp3) is 0.176.